The predicted octanol–water partition coefficient (Wildman–Crippen LogP) is 6.57. The number of rotatable bonds is 11. The van der Waals surface area contributed by atoms with Crippen LogP contribution in [0.25, 0.3) is 0 Å². The number of nitrogens with zero attached hydrogens (tertiary/aromatic N) is 2. The number of hydrogen-bond donors (Lipinski definition) is 1. The lowest BCUT2D eigenvalue weighted by atomic mass is 10.1. The van der Waals surface area contributed by atoms with Crippen LogP contribution in [0.1, 0.15) is 39.7 Å². The molecule has 1 N–H and O–H groups in total. The van der Waals surface area contributed by atoms with Crippen molar-refractivity contribution >= 4 is 62.3 Å². The molecule has 3 aromatic rings. The average molecular weight is 655 g/mol. The Labute approximate surface area is 262 Å². The van der Waals surface area contributed by atoms with E-state index in [4.69, 9.17) is 39.5 Å². The second-order valence-corrected chi connectivity index (χ2v) is 13.7. The number of amides is 2. The molecule has 12 heteroatoms. The van der Waals surface area contributed by atoms with Crippen LogP contribution in [0.15, 0.2) is 71.6 Å². The van der Waals surface area contributed by atoms with Gasteiger partial charge in [-0.15, -0.1) is 0 Å². The van der Waals surface area contributed by atoms with Gasteiger partial charge in [-0.05, 0) is 75.2 Å². The zero-order chi connectivity index (χ0) is 31.2. The highest BCUT2D eigenvalue weighted by Gasteiger charge is 2.35. The molecule has 0 aliphatic rings. The highest BCUT2D eigenvalue weighted by atomic mass is 35.5. The molecule has 3 aromatic carbocycles. The van der Waals surface area contributed by atoms with Gasteiger partial charge in [0, 0.05) is 27.2 Å². The lowest BCUT2D eigenvalue weighted by Crippen LogP contribution is -2.55. The second kappa shape index (κ2) is 14.0. The van der Waals surface area contributed by atoms with E-state index in [1.807, 2.05) is 20.8 Å². The van der Waals surface area contributed by atoms with E-state index in [0.717, 1.165) is 4.31 Å². The molecule has 42 heavy (non-hydrogen) atoms. The SMILES string of the molecule is CC[C@H](C(=O)NC(C)(C)C)N(Cc1ccc(Cl)cc1Cl)C(=O)CN(c1cc(Cl)ccc1OC)S(=O)(=O)c1ccccc1. The van der Waals surface area contributed by atoms with Crippen molar-refractivity contribution in [2.24, 2.45) is 0 Å². The van der Waals surface area contributed by atoms with Gasteiger partial charge in [0.05, 0.1) is 17.7 Å². The summed E-state index contributed by atoms with van der Waals surface area (Å²) in [4.78, 5) is 29.0. The maximum Gasteiger partial charge on any atom is 0.264 e. The first-order chi connectivity index (χ1) is 19.7. The van der Waals surface area contributed by atoms with Crippen LogP contribution in [0.2, 0.25) is 15.1 Å². The predicted molar refractivity (Wildman–Crippen MR) is 168 cm³/mol. The molecule has 226 valence electrons. The molecule has 0 bridgehead atoms. The number of anilines is 1. The van der Waals surface area contributed by atoms with Gasteiger partial charge in [-0.25, -0.2) is 8.42 Å². The molecular weight excluding hydrogens is 621 g/mol. The van der Waals surface area contributed by atoms with Crippen molar-refractivity contribution in [2.75, 3.05) is 18.0 Å². The van der Waals surface area contributed by atoms with Crippen LogP contribution in [0.3, 0.4) is 0 Å². The quantitative estimate of drug-likeness (QED) is 0.252. The Bertz CT molecular complexity index is 1530. The molecule has 0 unspecified atom stereocenters. The van der Waals surface area contributed by atoms with Gasteiger partial charge < -0.3 is 15.0 Å². The van der Waals surface area contributed by atoms with E-state index in [1.54, 1.807) is 49.4 Å². The lowest BCUT2D eigenvalue weighted by Gasteiger charge is -2.35. The van der Waals surface area contributed by atoms with Crippen LogP contribution in [0, 0.1) is 0 Å². The van der Waals surface area contributed by atoms with Crippen LogP contribution >= 0.6 is 34.8 Å². The second-order valence-electron chi connectivity index (χ2n) is 10.6. The first-order valence-corrected chi connectivity index (χ1v) is 15.7. The largest absolute Gasteiger partial charge is 0.495 e. The molecule has 1 atom stereocenters. The van der Waals surface area contributed by atoms with Crippen molar-refractivity contribution in [3.8, 4) is 5.75 Å². The monoisotopic (exact) mass is 653 g/mol. The smallest absolute Gasteiger partial charge is 0.264 e. The maximum atomic E-state index is 14.2. The Morgan fingerprint density at radius 1 is 0.952 bits per heavy atom. The van der Waals surface area contributed by atoms with Crippen LogP contribution in [0.5, 0.6) is 5.75 Å². The fourth-order valence-corrected chi connectivity index (χ4v) is 6.37. The van der Waals surface area contributed by atoms with Gasteiger partial charge in [0.1, 0.15) is 18.3 Å². The fourth-order valence-electron chi connectivity index (χ4n) is 4.30. The number of carbonyl (C=O) groups excluding carboxylic acids is 2. The van der Waals surface area contributed by atoms with Gasteiger partial charge in [-0.1, -0.05) is 66.0 Å². The average Bonchev–Trinajstić information content (AvgIpc) is 2.92. The molecule has 8 nitrogen and oxygen atoms in total. The Morgan fingerprint density at radius 2 is 1.57 bits per heavy atom. The normalized spacial score (nSPS) is 12.4. The first-order valence-electron chi connectivity index (χ1n) is 13.1. The fraction of sp³-hybridized carbons (Fsp3) is 0.333. The zero-order valence-corrected chi connectivity index (χ0v) is 27.1. The summed E-state index contributed by atoms with van der Waals surface area (Å²) in [5.41, 5.74) is 0.0293. The zero-order valence-electron chi connectivity index (χ0n) is 24.0. The number of methoxy groups -OCH3 is 1. The summed E-state index contributed by atoms with van der Waals surface area (Å²) in [5, 5.41) is 3.88. The molecule has 2 amide bonds. The highest BCUT2D eigenvalue weighted by Crippen LogP contribution is 2.35. The molecule has 3 rings (SSSR count). The number of benzene rings is 3. The Morgan fingerprint density at radius 3 is 2.14 bits per heavy atom. The number of nitrogens with one attached hydrogen (secondary N) is 1. The van der Waals surface area contributed by atoms with Gasteiger partial charge in [-0.3, -0.25) is 13.9 Å². The number of ether oxygens (including phenoxy) is 1. The molecule has 0 aromatic heterocycles. The van der Waals surface area contributed by atoms with Gasteiger partial charge in [-0.2, -0.15) is 0 Å². The third-order valence-electron chi connectivity index (χ3n) is 6.26. The number of sulfonamides is 1. The van der Waals surface area contributed by atoms with Gasteiger partial charge in [0.15, 0.2) is 0 Å². The van der Waals surface area contributed by atoms with Crippen molar-refractivity contribution in [2.45, 2.75) is 57.1 Å². The van der Waals surface area contributed by atoms with Crippen molar-refractivity contribution in [3.63, 3.8) is 0 Å². The summed E-state index contributed by atoms with van der Waals surface area (Å²) < 4.78 is 34.4. The van der Waals surface area contributed by atoms with Gasteiger partial charge in [0.25, 0.3) is 10.0 Å². The van der Waals surface area contributed by atoms with E-state index in [2.05, 4.69) is 5.32 Å². The molecule has 0 fully saturated rings. The van der Waals surface area contributed by atoms with E-state index in [0.29, 0.717) is 15.6 Å². The minimum Gasteiger partial charge on any atom is -0.495 e. The standard InChI is InChI=1S/C30H34Cl3N3O5S/c1-6-25(29(38)34-30(2,3)4)35(18-20-12-13-21(31)16-24(20)33)28(37)19-36(26-17-22(32)14-15-27(26)41-5)42(39,40)23-10-8-7-9-11-23/h7-17,25H,6,18-19H2,1-5H3,(H,34,38)/t25-/m1/s1. The minimum absolute atomic E-state index is 0.0374. The molecule has 0 spiro atoms. The number of carbonyl (C=O) groups is 2. The highest BCUT2D eigenvalue weighted by molar-refractivity contribution is 7.92. The van der Waals surface area contributed by atoms with Crippen LogP contribution in [0.4, 0.5) is 5.69 Å². The van der Waals surface area contributed by atoms with Gasteiger partial charge in [0.2, 0.25) is 11.8 Å². The number of halogens is 3. The third-order valence-corrected chi connectivity index (χ3v) is 8.86. The van der Waals surface area contributed by atoms with E-state index >= 15 is 0 Å². The van der Waals surface area contributed by atoms with Crippen molar-refractivity contribution in [1.82, 2.24) is 10.2 Å². The molecular formula is C30H34Cl3N3O5S. The summed E-state index contributed by atoms with van der Waals surface area (Å²) in [5.74, 6) is -0.837. The molecule has 0 radical (unpaired) electrons. The van der Waals surface area contributed by atoms with E-state index < -0.39 is 34.1 Å². The van der Waals surface area contributed by atoms with Crippen molar-refractivity contribution in [3.05, 3.63) is 87.4 Å². The summed E-state index contributed by atoms with van der Waals surface area (Å²) in [7, 11) is -2.91. The van der Waals surface area contributed by atoms with Gasteiger partial charge >= 0.3 is 0 Å². The first kappa shape index (κ1) is 33.5. The Balaban J connectivity index is 2.15. The van der Waals surface area contributed by atoms with E-state index in [9.17, 15) is 18.0 Å². The summed E-state index contributed by atoms with van der Waals surface area (Å²) in [6.45, 7) is 6.54. The van der Waals surface area contributed by atoms with E-state index in [1.165, 1.54) is 36.3 Å². The maximum absolute atomic E-state index is 14.2. The van der Waals surface area contributed by atoms with Crippen molar-refractivity contribution in [1.29, 1.82) is 0 Å². The summed E-state index contributed by atoms with van der Waals surface area (Å²) in [6.07, 6.45) is 0.255. The van der Waals surface area contributed by atoms with Crippen LogP contribution < -0.4 is 14.4 Å². The lowest BCUT2D eigenvalue weighted by molar-refractivity contribution is -0.141. The van der Waals surface area contributed by atoms with Crippen LogP contribution in [-0.4, -0.2) is 50.4 Å². The molecule has 0 saturated carbocycles. The molecule has 0 aliphatic carbocycles. The summed E-state index contributed by atoms with van der Waals surface area (Å²) >= 11 is 18.8. The third kappa shape index (κ3) is 8.31. The minimum atomic E-state index is -4.30. The van der Waals surface area contributed by atoms with Crippen LogP contribution in [-0.2, 0) is 26.2 Å². The topological polar surface area (TPSA) is 96.0 Å². The molecule has 0 heterocycles. The van der Waals surface area contributed by atoms with E-state index in [-0.39, 0.29) is 40.2 Å². The van der Waals surface area contributed by atoms with Crippen molar-refractivity contribution < 1.29 is 22.7 Å². The summed E-state index contributed by atoms with van der Waals surface area (Å²) in [6, 6.07) is 16.1. The Hall–Kier alpha value is -2.98. The Kier molecular flexibility index (Phi) is 11.2. The molecule has 0 aliphatic heterocycles. The molecule has 0 saturated heterocycles. The number of hydrogen-bond acceptors (Lipinski definition) is 5.